The van der Waals surface area contributed by atoms with E-state index in [0.717, 1.165) is 23.6 Å². The molecule has 5 heteroatoms. The SMILES string of the molecule is O=C(NCC1CCN(C2CC2)C1)c1ccc(Br)c(Cl)c1. The van der Waals surface area contributed by atoms with Crippen molar-refractivity contribution in [3.05, 3.63) is 33.3 Å². The summed E-state index contributed by atoms with van der Waals surface area (Å²) in [5.41, 5.74) is 0.621. The molecule has 1 aromatic rings. The number of carbonyl (C=O) groups excluding carboxylic acids is 1. The van der Waals surface area contributed by atoms with E-state index in [1.54, 1.807) is 12.1 Å². The summed E-state index contributed by atoms with van der Waals surface area (Å²) in [6.07, 6.45) is 3.91. The molecule has 108 valence electrons. The molecule has 20 heavy (non-hydrogen) atoms. The standard InChI is InChI=1S/C15H18BrClN2O/c16-13-4-1-11(7-14(13)17)15(20)18-8-10-5-6-19(9-10)12-2-3-12/h1,4,7,10,12H,2-3,5-6,8-9H2,(H,18,20). The third-order valence-electron chi connectivity index (χ3n) is 4.11. The van der Waals surface area contributed by atoms with Crippen molar-refractivity contribution in [2.75, 3.05) is 19.6 Å². The van der Waals surface area contributed by atoms with Crippen LogP contribution in [0.5, 0.6) is 0 Å². The number of amides is 1. The minimum atomic E-state index is -0.0377. The number of hydrogen-bond acceptors (Lipinski definition) is 2. The summed E-state index contributed by atoms with van der Waals surface area (Å²) in [5.74, 6) is 0.551. The molecule has 2 fully saturated rings. The average Bonchev–Trinajstić information content (AvgIpc) is 3.18. The number of benzene rings is 1. The van der Waals surface area contributed by atoms with E-state index in [-0.39, 0.29) is 5.91 Å². The van der Waals surface area contributed by atoms with E-state index in [2.05, 4.69) is 26.1 Å². The Bertz CT molecular complexity index is 519. The maximum atomic E-state index is 12.1. The molecular weight excluding hydrogens is 340 g/mol. The van der Waals surface area contributed by atoms with Gasteiger partial charge in [0, 0.05) is 29.2 Å². The van der Waals surface area contributed by atoms with Crippen molar-refractivity contribution in [3.63, 3.8) is 0 Å². The van der Waals surface area contributed by atoms with Crippen molar-refractivity contribution in [3.8, 4) is 0 Å². The number of nitrogens with zero attached hydrogens (tertiary/aromatic N) is 1. The molecule has 1 aliphatic carbocycles. The molecule has 1 atom stereocenters. The quantitative estimate of drug-likeness (QED) is 0.896. The number of halogens is 2. The van der Waals surface area contributed by atoms with Crippen LogP contribution in [0.1, 0.15) is 29.6 Å². The van der Waals surface area contributed by atoms with E-state index in [1.807, 2.05) is 6.07 Å². The van der Waals surface area contributed by atoms with E-state index in [9.17, 15) is 4.79 Å². The second-order valence-corrected chi connectivity index (χ2v) is 6.98. The van der Waals surface area contributed by atoms with Gasteiger partial charge in [-0.1, -0.05) is 11.6 Å². The maximum Gasteiger partial charge on any atom is 0.251 e. The zero-order chi connectivity index (χ0) is 14.1. The minimum absolute atomic E-state index is 0.0377. The van der Waals surface area contributed by atoms with Gasteiger partial charge in [-0.3, -0.25) is 4.79 Å². The number of carbonyl (C=O) groups is 1. The highest BCUT2D eigenvalue weighted by Crippen LogP contribution is 2.31. The topological polar surface area (TPSA) is 32.3 Å². The molecule has 2 aliphatic rings. The Morgan fingerprint density at radius 2 is 2.20 bits per heavy atom. The molecule has 3 nitrogen and oxygen atoms in total. The largest absolute Gasteiger partial charge is 0.352 e. The Balaban J connectivity index is 1.50. The zero-order valence-corrected chi connectivity index (χ0v) is 13.6. The normalized spacial score (nSPS) is 23.0. The van der Waals surface area contributed by atoms with Gasteiger partial charge in [0.05, 0.1) is 5.02 Å². The highest BCUT2D eigenvalue weighted by atomic mass is 79.9. The molecule has 1 aromatic carbocycles. The van der Waals surface area contributed by atoms with E-state index < -0.39 is 0 Å². The van der Waals surface area contributed by atoms with E-state index >= 15 is 0 Å². The molecular formula is C15H18BrClN2O. The Hall–Kier alpha value is -0.580. The highest BCUT2D eigenvalue weighted by Gasteiger charge is 2.34. The molecule has 0 bridgehead atoms. The van der Waals surface area contributed by atoms with E-state index in [4.69, 9.17) is 11.6 Å². The number of hydrogen-bond donors (Lipinski definition) is 1. The fourth-order valence-electron chi connectivity index (χ4n) is 2.78. The third-order valence-corrected chi connectivity index (χ3v) is 5.35. The van der Waals surface area contributed by atoms with Gasteiger partial charge in [-0.15, -0.1) is 0 Å². The van der Waals surface area contributed by atoms with Crippen LogP contribution >= 0.6 is 27.5 Å². The van der Waals surface area contributed by atoms with Gasteiger partial charge in [-0.05, 0) is 65.9 Å². The molecule has 3 rings (SSSR count). The average molecular weight is 358 g/mol. The maximum absolute atomic E-state index is 12.1. The van der Waals surface area contributed by atoms with Crippen LogP contribution in [-0.2, 0) is 0 Å². The molecule has 1 N–H and O–H groups in total. The van der Waals surface area contributed by atoms with Gasteiger partial charge in [0.2, 0.25) is 0 Å². The van der Waals surface area contributed by atoms with Crippen LogP contribution in [0.2, 0.25) is 5.02 Å². The molecule has 1 amide bonds. The summed E-state index contributed by atoms with van der Waals surface area (Å²) in [7, 11) is 0. The number of likely N-dealkylation sites (tertiary alicyclic amines) is 1. The van der Waals surface area contributed by atoms with Gasteiger partial charge < -0.3 is 10.2 Å². The molecule has 1 saturated heterocycles. The second kappa shape index (κ2) is 6.04. The van der Waals surface area contributed by atoms with E-state index in [0.29, 0.717) is 16.5 Å². The molecule has 0 radical (unpaired) electrons. The smallest absolute Gasteiger partial charge is 0.251 e. The van der Waals surface area contributed by atoms with Crippen LogP contribution < -0.4 is 5.32 Å². The van der Waals surface area contributed by atoms with Crippen molar-refractivity contribution in [1.82, 2.24) is 10.2 Å². The zero-order valence-electron chi connectivity index (χ0n) is 11.2. The summed E-state index contributed by atoms with van der Waals surface area (Å²) < 4.78 is 0.812. The lowest BCUT2D eigenvalue weighted by Crippen LogP contribution is -2.31. The van der Waals surface area contributed by atoms with Crippen LogP contribution in [0.4, 0.5) is 0 Å². The lowest BCUT2D eigenvalue weighted by atomic mass is 10.1. The van der Waals surface area contributed by atoms with Gasteiger partial charge in [0.1, 0.15) is 0 Å². The first kappa shape index (κ1) is 14.4. The van der Waals surface area contributed by atoms with Crippen LogP contribution in [0.25, 0.3) is 0 Å². The summed E-state index contributed by atoms with van der Waals surface area (Å²) >= 11 is 9.34. The minimum Gasteiger partial charge on any atom is -0.352 e. The Labute approximate surface area is 132 Å². The van der Waals surface area contributed by atoms with Gasteiger partial charge in [0.25, 0.3) is 5.91 Å². The first-order chi connectivity index (χ1) is 9.63. The fraction of sp³-hybridized carbons (Fsp3) is 0.533. The summed E-state index contributed by atoms with van der Waals surface area (Å²) in [4.78, 5) is 14.7. The lowest BCUT2D eigenvalue weighted by molar-refractivity contribution is 0.0947. The van der Waals surface area contributed by atoms with Gasteiger partial charge in [0.15, 0.2) is 0 Å². The second-order valence-electron chi connectivity index (χ2n) is 5.72. The summed E-state index contributed by atoms with van der Waals surface area (Å²) in [6, 6.07) is 6.13. The molecule has 1 heterocycles. The molecule has 0 spiro atoms. The molecule has 1 aliphatic heterocycles. The first-order valence-electron chi connectivity index (χ1n) is 7.11. The van der Waals surface area contributed by atoms with Crippen molar-refractivity contribution in [2.45, 2.75) is 25.3 Å². The van der Waals surface area contributed by atoms with Crippen LogP contribution in [-0.4, -0.2) is 36.5 Å². The number of rotatable bonds is 4. The van der Waals surface area contributed by atoms with Gasteiger partial charge in [-0.2, -0.15) is 0 Å². The predicted octanol–water partition coefficient (Wildman–Crippen LogP) is 3.32. The summed E-state index contributed by atoms with van der Waals surface area (Å²) in [5, 5.41) is 3.60. The lowest BCUT2D eigenvalue weighted by Gasteiger charge is -2.15. The fourth-order valence-corrected chi connectivity index (χ4v) is 3.20. The van der Waals surface area contributed by atoms with Crippen LogP contribution in [0.3, 0.4) is 0 Å². The molecule has 1 unspecified atom stereocenters. The number of nitrogens with one attached hydrogen (secondary N) is 1. The molecule has 0 aromatic heterocycles. The predicted molar refractivity (Wildman–Crippen MR) is 84.2 cm³/mol. The van der Waals surface area contributed by atoms with Crippen molar-refractivity contribution >= 4 is 33.4 Å². The van der Waals surface area contributed by atoms with Gasteiger partial charge >= 0.3 is 0 Å². The Morgan fingerprint density at radius 3 is 2.90 bits per heavy atom. The highest BCUT2D eigenvalue weighted by molar-refractivity contribution is 9.10. The van der Waals surface area contributed by atoms with Gasteiger partial charge in [-0.25, -0.2) is 0 Å². The van der Waals surface area contributed by atoms with Crippen LogP contribution in [0.15, 0.2) is 22.7 Å². The monoisotopic (exact) mass is 356 g/mol. The third kappa shape index (κ3) is 3.35. The van der Waals surface area contributed by atoms with Crippen LogP contribution in [0, 0.1) is 5.92 Å². The van der Waals surface area contributed by atoms with Crippen molar-refractivity contribution in [2.24, 2.45) is 5.92 Å². The van der Waals surface area contributed by atoms with Crippen molar-refractivity contribution < 1.29 is 4.79 Å². The molecule has 1 saturated carbocycles. The Kier molecular flexibility index (Phi) is 4.34. The summed E-state index contributed by atoms with van der Waals surface area (Å²) in [6.45, 7) is 3.08. The van der Waals surface area contributed by atoms with Crippen molar-refractivity contribution in [1.29, 1.82) is 0 Å². The van der Waals surface area contributed by atoms with E-state index in [1.165, 1.54) is 25.8 Å². The first-order valence-corrected chi connectivity index (χ1v) is 8.28. The Morgan fingerprint density at radius 1 is 1.40 bits per heavy atom.